The van der Waals surface area contributed by atoms with Crippen molar-refractivity contribution in [2.45, 2.75) is 6.61 Å². The molecular formula is C14H15O4P. The first kappa shape index (κ1) is 13.8. The van der Waals surface area contributed by atoms with E-state index in [1.165, 1.54) is 13.2 Å². The summed E-state index contributed by atoms with van der Waals surface area (Å²) in [5, 5.41) is 0.174. The van der Waals surface area contributed by atoms with Crippen LogP contribution in [0, 0.1) is 0 Å². The van der Waals surface area contributed by atoms with Gasteiger partial charge < -0.3 is 14.2 Å². The Morgan fingerprint density at radius 1 is 1.05 bits per heavy atom. The van der Waals surface area contributed by atoms with E-state index in [9.17, 15) is 9.46 Å². The van der Waals surface area contributed by atoms with Crippen LogP contribution in [0.5, 0.6) is 5.75 Å². The van der Waals surface area contributed by atoms with E-state index in [-0.39, 0.29) is 11.9 Å². The monoisotopic (exact) mass is 278 g/mol. The Kier molecular flexibility index (Phi) is 4.38. The lowest BCUT2D eigenvalue weighted by atomic mass is 10.2. The molecule has 0 aliphatic rings. The van der Waals surface area contributed by atoms with Crippen LogP contribution in [0.3, 0.4) is 0 Å². The SMILES string of the molecule is COc1ccccc1P(=O)(O)OCc1ccccc1. The van der Waals surface area contributed by atoms with Crippen molar-refractivity contribution >= 4 is 12.9 Å². The Morgan fingerprint density at radius 3 is 2.37 bits per heavy atom. The highest BCUT2D eigenvalue weighted by molar-refractivity contribution is 7.61. The third-order valence-corrected chi connectivity index (χ3v) is 4.10. The van der Waals surface area contributed by atoms with Crippen molar-refractivity contribution in [3.8, 4) is 5.75 Å². The molecule has 2 aromatic rings. The highest BCUT2D eigenvalue weighted by atomic mass is 31.2. The summed E-state index contributed by atoms with van der Waals surface area (Å²) in [5.74, 6) is 0.349. The molecule has 1 atom stereocenters. The Balaban J connectivity index is 2.16. The van der Waals surface area contributed by atoms with Gasteiger partial charge in [-0.2, -0.15) is 0 Å². The lowest BCUT2D eigenvalue weighted by Gasteiger charge is -2.15. The molecule has 1 N–H and O–H groups in total. The molecule has 2 rings (SSSR count). The molecule has 0 aliphatic heterocycles. The molecule has 0 bridgehead atoms. The predicted octanol–water partition coefficient (Wildman–Crippen LogP) is 2.72. The van der Waals surface area contributed by atoms with E-state index in [1.807, 2.05) is 30.3 Å². The molecule has 100 valence electrons. The molecule has 19 heavy (non-hydrogen) atoms. The molecule has 0 fully saturated rings. The molecule has 2 aromatic carbocycles. The maximum Gasteiger partial charge on any atom is 0.362 e. The van der Waals surface area contributed by atoms with E-state index in [1.54, 1.807) is 18.2 Å². The summed E-state index contributed by atoms with van der Waals surface area (Å²) in [4.78, 5) is 10.0. The second-order valence-electron chi connectivity index (χ2n) is 3.95. The van der Waals surface area contributed by atoms with Crippen molar-refractivity contribution < 1.29 is 18.7 Å². The maximum absolute atomic E-state index is 12.2. The Hall–Kier alpha value is -1.61. The molecule has 0 heterocycles. The number of benzene rings is 2. The average molecular weight is 278 g/mol. The van der Waals surface area contributed by atoms with Gasteiger partial charge in [-0.1, -0.05) is 42.5 Å². The minimum absolute atomic E-state index is 0.0761. The van der Waals surface area contributed by atoms with Crippen molar-refractivity contribution in [3.05, 3.63) is 60.2 Å². The molecule has 0 aliphatic carbocycles. The van der Waals surface area contributed by atoms with Crippen LogP contribution in [0.25, 0.3) is 0 Å². The van der Waals surface area contributed by atoms with Gasteiger partial charge in [-0.05, 0) is 17.7 Å². The summed E-state index contributed by atoms with van der Waals surface area (Å²) in [7, 11) is -2.44. The quantitative estimate of drug-likeness (QED) is 0.854. The van der Waals surface area contributed by atoms with E-state index in [0.29, 0.717) is 5.75 Å². The van der Waals surface area contributed by atoms with Crippen molar-refractivity contribution in [3.63, 3.8) is 0 Å². The molecule has 0 aromatic heterocycles. The summed E-state index contributed by atoms with van der Waals surface area (Å²) in [6, 6.07) is 15.8. The summed E-state index contributed by atoms with van der Waals surface area (Å²) < 4.78 is 22.5. The molecule has 0 amide bonds. The molecule has 0 spiro atoms. The van der Waals surface area contributed by atoms with Crippen molar-refractivity contribution in [1.82, 2.24) is 0 Å². The molecule has 0 saturated carbocycles. The van der Waals surface area contributed by atoms with E-state index >= 15 is 0 Å². The van der Waals surface area contributed by atoms with Crippen LogP contribution in [-0.4, -0.2) is 12.0 Å². The zero-order chi connectivity index (χ0) is 13.7. The maximum atomic E-state index is 12.2. The van der Waals surface area contributed by atoms with Gasteiger partial charge in [0.15, 0.2) is 0 Å². The van der Waals surface area contributed by atoms with Crippen molar-refractivity contribution in [2.24, 2.45) is 0 Å². The number of ether oxygens (including phenoxy) is 1. The predicted molar refractivity (Wildman–Crippen MR) is 73.7 cm³/mol. The van der Waals surface area contributed by atoms with Gasteiger partial charge in [-0.25, -0.2) is 0 Å². The fourth-order valence-corrected chi connectivity index (χ4v) is 2.85. The van der Waals surface area contributed by atoms with E-state index in [0.717, 1.165) is 5.56 Å². The fraction of sp³-hybridized carbons (Fsp3) is 0.143. The van der Waals surface area contributed by atoms with E-state index in [2.05, 4.69) is 0 Å². The van der Waals surface area contributed by atoms with Gasteiger partial charge in [-0.3, -0.25) is 4.57 Å². The molecule has 0 radical (unpaired) electrons. The number of para-hydroxylation sites is 1. The number of rotatable bonds is 5. The van der Waals surface area contributed by atoms with E-state index in [4.69, 9.17) is 9.26 Å². The van der Waals surface area contributed by atoms with Gasteiger partial charge >= 0.3 is 7.60 Å². The van der Waals surface area contributed by atoms with Crippen LogP contribution >= 0.6 is 7.60 Å². The van der Waals surface area contributed by atoms with Crippen LogP contribution < -0.4 is 10.0 Å². The van der Waals surface area contributed by atoms with Crippen LogP contribution in [0.4, 0.5) is 0 Å². The number of hydrogen-bond donors (Lipinski definition) is 1. The topological polar surface area (TPSA) is 55.8 Å². The summed E-state index contributed by atoms with van der Waals surface area (Å²) in [5.41, 5.74) is 0.840. The molecule has 4 nitrogen and oxygen atoms in total. The summed E-state index contributed by atoms with van der Waals surface area (Å²) in [6.07, 6.45) is 0. The third kappa shape index (κ3) is 3.44. The summed E-state index contributed by atoms with van der Waals surface area (Å²) >= 11 is 0. The first-order valence-electron chi connectivity index (χ1n) is 5.78. The highest BCUT2D eigenvalue weighted by Crippen LogP contribution is 2.44. The van der Waals surface area contributed by atoms with Gasteiger partial charge in [0.2, 0.25) is 0 Å². The van der Waals surface area contributed by atoms with Gasteiger partial charge in [0, 0.05) is 0 Å². The van der Waals surface area contributed by atoms with Gasteiger partial charge in [0.05, 0.1) is 13.7 Å². The number of hydrogen-bond acceptors (Lipinski definition) is 3. The minimum Gasteiger partial charge on any atom is -0.496 e. The zero-order valence-electron chi connectivity index (χ0n) is 10.5. The Bertz CT molecular complexity index is 583. The fourth-order valence-electron chi connectivity index (χ4n) is 1.67. The Morgan fingerprint density at radius 2 is 1.68 bits per heavy atom. The van der Waals surface area contributed by atoms with Gasteiger partial charge in [0.25, 0.3) is 0 Å². The highest BCUT2D eigenvalue weighted by Gasteiger charge is 2.26. The second-order valence-corrected chi connectivity index (χ2v) is 5.73. The lowest BCUT2D eigenvalue weighted by molar-refractivity contribution is 0.259. The normalized spacial score (nSPS) is 13.8. The smallest absolute Gasteiger partial charge is 0.362 e. The summed E-state index contributed by atoms with van der Waals surface area (Å²) in [6.45, 7) is 0.0761. The van der Waals surface area contributed by atoms with Crippen molar-refractivity contribution in [1.29, 1.82) is 0 Å². The second kappa shape index (κ2) is 6.02. The molecular weight excluding hydrogens is 263 g/mol. The molecule has 5 heteroatoms. The van der Waals surface area contributed by atoms with Gasteiger partial charge in [-0.15, -0.1) is 0 Å². The number of methoxy groups -OCH3 is 1. The largest absolute Gasteiger partial charge is 0.496 e. The third-order valence-electron chi connectivity index (χ3n) is 2.64. The zero-order valence-corrected chi connectivity index (χ0v) is 11.4. The van der Waals surface area contributed by atoms with Crippen LogP contribution in [0.2, 0.25) is 0 Å². The van der Waals surface area contributed by atoms with Crippen LogP contribution in [-0.2, 0) is 15.7 Å². The van der Waals surface area contributed by atoms with Gasteiger partial charge in [0.1, 0.15) is 11.1 Å². The van der Waals surface area contributed by atoms with Crippen molar-refractivity contribution in [2.75, 3.05) is 7.11 Å². The van der Waals surface area contributed by atoms with E-state index < -0.39 is 7.60 Å². The lowest BCUT2D eigenvalue weighted by Crippen LogP contribution is -2.10. The molecule has 0 saturated heterocycles. The first-order valence-corrected chi connectivity index (χ1v) is 7.36. The Labute approximate surface area is 112 Å². The van der Waals surface area contributed by atoms with Crippen LogP contribution in [0.15, 0.2) is 54.6 Å². The minimum atomic E-state index is -3.89. The average Bonchev–Trinajstić information content (AvgIpc) is 2.46. The molecule has 1 unspecified atom stereocenters. The first-order chi connectivity index (χ1) is 9.13. The van der Waals surface area contributed by atoms with Crippen LogP contribution in [0.1, 0.15) is 5.56 Å². The standard InChI is InChI=1S/C14H15O4P/c1-17-13-9-5-6-10-14(13)19(15,16)18-11-12-7-3-2-4-8-12/h2-10H,11H2,1H3,(H,15,16).